The highest BCUT2D eigenvalue weighted by atomic mass is 79.9. The number of aromatic nitrogens is 2. The molecule has 2 atom stereocenters. The van der Waals surface area contributed by atoms with E-state index >= 15 is 0 Å². The Morgan fingerprint density at radius 1 is 1.73 bits per heavy atom. The molecule has 6 heteroatoms. The van der Waals surface area contributed by atoms with Crippen molar-refractivity contribution in [2.75, 3.05) is 6.61 Å². The Labute approximate surface area is 98.1 Å². The minimum absolute atomic E-state index is 0.00769. The van der Waals surface area contributed by atoms with Crippen molar-refractivity contribution >= 4 is 15.9 Å². The van der Waals surface area contributed by atoms with Crippen molar-refractivity contribution in [3.63, 3.8) is 0 Å². The molecule has 0 saturated heterocycles. The van der Waals surface area contributed by atoms with Crippen molar-refractivity contribution in [3.05, 3.63) is 16.4 Å². The van der Waals surface area contributed by atoms with E-state index in [-0.39, 0.29) is 12.1 Å². The predicted octanol–water partition coefficient (Wildman–Crippen LogP) is 1.11. The molecular formula is C9H17BrN4O. The first kappa shape index (κ1) is 12.6. The quantitative estimate of drug-likeness (QED) is 0.625. The summed E-state index contributed by atoms with van der Waals surface area (Å²) in [5, 5.41) is 4.15. The summed E-state index contributed by atoms with van der Waals surface area (Å²) in [6.45, 7) is 4.60. The molecule has 0 amide bonds. The zero-order valence-corrected chi connectivity index (χ0v) is 10.8. The Bertz CT molecular complexity index is 296. The van der Waals surface area contributed by atoms with E-state index in [0.717, 1.165) is 10.2 Å². The molecule has 0 spiro atoms. The summed E-state index contributed by atoms with van der Waals surface area (Å²) in [6, 6.07) is -0.0770. The average molecular weight is 277 g/mol. The van der Waals surface area contributed by atoms with Gasteiger partial charge in [-0.1, -0.05) is 0 Å². The summed E-state index contributed by atoms with van der Waals surface area (Å²) in [4.78, 5) is 0. The second-order valence-corrected chi connectivity index (χ2v) is 4.16. The molecule has 1 aromatic rings. The number of hydrogen-bond acceptors (Lipinski definition) is 4. The van der Waals surface area contributed by atoms with E-state index < -0.39 is 0 Å². The van der Waals surface area contributed by atoms with Crippen LogP contribution in [0.4, 0.5) is 0 Å². The SMILES string of the molecule is CCOC(C)C(NN)c1c(Br)cnn1C. The van der Waals surface area contributed by atoms with E-state index in [9.17, 15) is 0 Å². The molecule has 2 unspecified atom stereocenters. The fourth-order valence-corrected chi connectivity index (χ4v) is 2.16. The summed E-state index contributed by atoms with van der Waals surface area (Å²) in [5.41, 5.74) is 3.74. The van der Waals surface area contributed by atoms with E-state index in [2.05, 4.69) is 26.5 Å². The van der Waals surface area contributed by atoms with Crippen LogP contribution in [0.2, 0.25) is 0 Å². The summed E-state index contributed by atoms with van der Waals surface area (Å²) >= 11 is 3.44. The lowest BCUT2D eigenvalue weighted by molar-refractivity contribution is 0.0449. The lowest BCUT2D eigenvalue weighted by Gasteiger charge is -2.23. The van der Waals surface area contributed by atoms with Crippen molar-refractivity contribution in [2.45, 2.75) is 26.0 Å². The van der Waals surface area contributed by atoms with Crippen LogP contribution in [0.15, 0.2) is 10.7 Å². The van der Waals surface area contributed by atoms with Gasteiger partial charge in [0.25, 0.3) is 0 Å². The molecule has 0 radical (unpaired) electrons. The van der Waals surface area contributed by atoms with Gasteiger partial charge in [-0.25, -0.2) is 5.43 Å². The second-order valence-electron chi connectivity index (χ2n) is 3.31. The largest absolute Gasteiger partial charge is 0.377 e. The van der Waals surface area contributed by atoms with Crippen molar-refractivity contribution in [1.29, 1.82) is 0 Å². The molecule has 0 fully saturated rings. The smallest absolute Gasteiger partial charge is 0.0898 e. The van der Waals surface area contributed by atoms with E-state index in [1.165, 1.54) is 0 Å². The van der Waals surface area contributed by atoms with Crippen LogP contribution >= 0.6 is 15.9 Å². The van der Waals surface area contributed by atoms with Gasteiger partial charge in [0, 0.05) is 13.7 Å². The van der Waals surface area contributed by atoms with Gasteiger partial charge in [-0.05, 0) is 29.8 Å². The predicted molar refractivity (Wildman–Crippen MR) is 62.1 cm³/mol. The van der Waals surface area contributed by atoms with Crippen molar-refractivity contribution in [3.8, 4) is 0 Å². The van der Waals surface area contributed by atoms with Gasteiger partial charge in [-0.3, -0.25) is 10.5 Å². The Balaban J connectivity index is 2.91. The van der Waals surface area contributed by atoms with Gasteiger partial charge < -0.3 is 4.74 Å². The van der Waals surface area contributed by atoms with Crippen LogP contribution in [-0.4, -0.2) is 22.5 Å². The Kier molecular flexibility index (Phi) is 4.72. The summed E-state index contributed by atoms with van der Waals surface area (Å²) in [6.07, 6.45) is 1.74. The van der Waals surface area contributed by atoms with Crippen LogP contribution < -0.4 is 11.3 Å². The zero-order valence-electron chi connectivity index (χ0n) is 9.20. The molecule has 0 saturated carbocycles. The minimum Gasteiger partial charge on any atom is -0.377 e. The maximum absolute atomic E-state index is 5.54. The van der Waals surface area contributed by atoms with Crippen LogP contribution in [0.1, 0.15) is 25.6 Å². The van der Waals surface area contributed by atoms with E-state index in [1.54, 1.807) is 10.9 Å². The zero-order chi connectivity index (χ0) is 11.4. The van der Waals surface area contributed by atoms with Crippen LogP contribution in [0.3, 0.4) is 0 Å². The Morgan fingerprint density at radius 3 is 2.80 bits per heavy atom. The normalized spacial score (nSPS) is 15.3. The van der Waals surface area contributed by atoms with Crippen molar-refractivity contribution < 1.29 is 4.74 Å². The number of ether oxygens (including phenoxy) is 1. The topological polar surface area (TPSA) is 65.1 Å². The third-order valence-corrected chi connectivity index (χ3v) is 2.92. The molecule has 0 aromatic carbocycles. The van der Waals surface area contributed by atoms with E-state index in [4.69, 9.17) is 10.6 Å². The minimum atomic E-state index is -0.0770. The van der Waals surface area contributed by atoms with Gasteiger partial charge in [0.1, 0.15) is 0 Å². The van der Waals surface area contributed by atoms with Gasteiger partial charge in [0.15, 0.2) is 0 Å². The Morgan fingerprint density at radius 2 is 2.40 bits per heavy atom. The molecule has 1 heterocycles. The fraction of sp³-hybridized carbons (Fsp3) is 0.667. The molecule has 0 bridgehead atoms. The molecule has 3 N–H and O–H groups in total. The second kappa shape index (κ2) is 5.60. The number of nitrogens with two attached hydrogens (primary N) is 1. The number of hydrazine groups is 1. The Hall–Kier alpha value is -0.430. The number of halogens is 1. The summed E-state index contributed by atoms with van der Waals surface area (Å²) < 4.78 is 8.24. The van der Waals surface area contributed by atoms with Crippen LogP contribution in [0.5, 0.6) is 0 Å². The van der Waals surface area contributed by atoms with Crippen LogP contribution in [0.25, 0.3) is 0 Å². The van der Waals surface area contributed by atoms with E-state index in [0.29, 0.717) is 6.61 Å². The molecule has 15 heavy (non-hydrogen) atoms. The molecular weight excluding hydrogens is 260 g/mol. The highest BCUT2D eigenvalue weighted by molar-refractivity contribution is 9.10. The lowest BCUT2D eigenvalue weighted by atomic mass is 10.1. The van der Waals surface area contributed by atoms with Gasteiger partial charge in [-0.15, -0.1) is 0 Å². The van der Waals surface area contributed by atoms with Crippen LogP contribution in [-0.2, 0) is 11.8 Å². The van der Waals surface area contributed by atoms with Gasteiger partial charge in [0.2, 0.25) is 0 Å². The lowest BCUT2D eigenvalue weighted by Crippen LogP contribution is -2.38. The molecule has 1 aromatic heterocycles. The first-order chi connectivity index (χ1) is 7.11. The molecule has 86 valence electrons. The summed E-state index contributed by atoms with van der Waals surface area (Å²) in [5.74, 6) is 5.54. The van der Waals surface area contributed by atoms with Crippen LogP contribution in [0, 0.1) is 0 Å². The third kappa shape index (κ3) is 2.78. The standard InChI is InChI=1S/C9H17BrN4O/c1-4-15-6(2)8(13-11)9-7(10)5-12-14(9)3/h5-6,8,13H,4,11H2,1-3H3. The molecule has 0 aliphatic carbocycles. The average Bonchev–Trinajstić information content (AvgIpc) is 2.51. The molecule has 0 aliphatic heterocycles. The van der Waals surface area contributed by atoms with Crippen molar-refractivity contribution in [1.82, 2.24) is 15.2 Å². The van der Waals surface area contributed by atoms with Gasteiger partial charge >= 0.3 is 0 Å². The third-order valence-electron chi connectivity index (χ3n) is 2.31. The number of nitrogens with zero attached hydrogens (tertiary/aromatic N) is 2. The number of nitrogens with one attached hydrogen (secondary N) is 1. The molecule has 5 nitrogen and oxygen atoms in total. The highest BCUT2D eigenvalue weighted by Crippen LogP contribution is 2.25. The number of hydrogen-bond donors (Lipinski definition) is 2. The number of rotatable bonds is 5. The van der Waals surface area contributed by atoms with Gasteiger partial charge in [0.05, 0.1) is 28.5 Å². The first-order valence-corrected chi connectivity index (χ1v) is 5.66. The number of aryl methyl sites for hydroxylation is 1. The van der Waals surface area contributed by atoms with Gasteiger partial charge in [-0.2, -0.15) is 5.10 Å². The highest BCUT2D eigenvalue weighted by Gasteiger charge is 2.23. The summed E-state index contributed by atoms with van der Waals surface area (Å²) in [7, 11) is 1.88. The molecule has 1 rings (SSSR count). The first-order valence-electron chi connectivity index (χ1n) is 4.86. The maximum atomic E-state index is 5.54. The van der Waals surface area contributed by atoms with Crippen molar-refractivity contribution in [2.24, 2.45) is 12.9 Å². The maximum Gasteiger partial charge on any atom is 0.0898 e. The van der Waals surface area contributed by atoms with E-state index in [1.807, 2.05) is 20.9 Å². The fourth-order valence-electron chi connectivity index (χ4n) is 1.57. The molecule has 0 aliphatic rings. The monoisotopic (exact) mass is 276 g/mol.